The van der Waals surface area contributed by atoms with E-state index >= 15 is 0 Å². The van der Waals surface area contributed by atoms with E-state index in [1.165, 1.54) is 11.1 Å². The molecule has 1 saturated heterocycles. The van der Waals surface area contributed by atoms with Crippen molar-refractivity contribution in [3.8, 4) is 11.1 Å². The van der Waals surface area contributed by atoms with E-state index < -0.39 is 6.09 Å². The van der Waals surface area contributed by atoms with Gasteiger partial charge in [-0.25, -0.2) is 4.79 Å². The molecule has 2 aromatic rings. The van der Waals surface area contributed by atoms with Gasteiger partial charge in [-0.1, -0.05) is 42.5 Å². The molecule has 0 aliphatic carbocycles. The molecule has 0 aromatic heterocycles. The van der Waals surface area contributed by atoms with Crippen molar-refractivity contribution in [1.82, 2.24) is 4.90 Å². The average molecular weight is 353 g/mol. The molecule has 1 aliphatic heterocycles. The molecule has 1 heterocycles. The van der Waals surface area contributed by atoms with Crippen molar-refractivity contribution in [2.75, 3.05) is 13.2 Å². The van der Waals surface area contributed by atoms with Crippen LogP contribution in [0.2, 0.25) is 0 Å². The lowest BCUT2D eigenvalue weighted by molar-refractivity contribution is 0.106. The number of benzene rings is 2. The Morgan fingerprint density at radius 3 is 2.73 bits per heavy atom. The predicted molar refractivity (Wildman–Crippen MR) is 103 cm³/mol. The number of aliphatic hydroxyl groups excluding tert-OH is 1. The lowest BCUT2D eigenvalue weighted by Gasteiger charge is -2.34. The SMILES string of the molecule is Cc1cc(-c2ccccc2CCCO)ccc1C1CCCCN1C(=O)O. The van der Waals surface area contributed by atoms with Crippen molar-refractivity contribution in [1.29, 1.82) is 0 Å². The van der Waals surface area contributed by atoms with Crippen LogP contribution in [0.3, 0.4) is 0 Å². The summed E-state index contributed by atoms with van der Waals surface area (Å²) in [5, 5.41) is 18.6. The molecule has 1 atom stereocenters. The largest absolute Gasteiger partial charge is 0.465 e. The molecule has 1 unspecified atom stereocenters. The Balaban J connectivity index is 1.92. The third-order valence-corrected chi connectivity index (χ3v) is 5.31. The van der Waals surface area contributed by atoms with Gasteiger partial charge in [0, 0.05) is 13.2 Å². The summed E-state index contributed by atoms with van der Waals surface area (Å²) >= 11 is 0. The molecule has 1 aliphatic rings. The molecule has 2 aromatic carbocycles. The first-order valence-electron chi connectivity index (χ1n) is 9.41. The maximum atomic E-state index is 11.6. The van der Waals surface area contributed by atoms with Crippen molar-refractivity contribution < 1.29 is 15.0 Å². The zero-order chi connectivity index (χ0) is 18.5. The lowest BCUT2D eigenvalue weighted by atomic mass is 9.89. The summed E-state index contributed by atoms with van der Waals surface area (Å²) in [4.78, 5) is 13.2. The van der Waals surface area contributed by atoms with Crippen LogP contribution >= 0.6 is 0 Å². The zero-order valence-corrected chi connectivity index (χ0v) is 15.3. The van der Waals surface area contributed by atoms with E-state index in [1.54, 1.807) is 4.90 Å². The summed E-state index contributed by atoms with van der Waals surface area (Å²) in [5.41, 5.74) is 5.83. The van der Waals surface area contributed by atoms with Crippen molar-refractivity contribution >= 4 is 6.09 Å². The number of rotatable bonds is 5. The van der Waals surface area contributed by atoms with Crippen LogP contribution in [0.1, 0.15) is 48.4 Å². The number of hydrogen-bond acceptors (Lipinski definition) is 2. The van der Waals surface area contributed by atoms with Gasteiger partial charge in [0.1, 0.15) is 0 Å². The van der Waals surface area contributed by atoms with Crippen LogP contribution < -0.4 is 0 Å². The molecule has 0 saturated carbocycles. The Labute approximate surface area is 155 Å². The Hall–Kier alpha value is -2.33. The van der Waals surface area contributed by atoms with Crippen LogP contribution in [-0.4, -0.2) is 34.4 Å². The standard InChI is InChI=1S/C22H27NO3/c1-16-15-18(20-9-3-2-7-17(20)8-6-14-24)11-12-19(16)21-10-4-5-13-23(21)22(25)26/h2-3,7,9,11-12,15,21,24H,4-6,8,10,13-14H2,1H3,(H,25,26). The maximum Gasteiger partial charge on any atom is 0.407 e. The number of piperidine rings is 1. The number of carbonyl (C=O) groups is 1. The summed E-state index contributed by atoms with van der Waals surface area (Å²) in [6, 6.07) is 14.6. The van der Waals surface area contributed by atoms with Crippen LogP contribution in [0.5, 0.6) is 0 Å². The number of amides is 1. The topological polar surface area (TPSA) is 60.8 Å². The van der Waals surface area contributed by atoms with E-state index in [4.69, 9.17) is 5.11 Å². The van der Waals surface area contributed by atoms with Gasteiger partial charge in [0.2, 0.25) is 0 Å². The quantitative estimate of drug-likeness (QED) is 0.812. The molecule has 3 rings (SSSR count). The van der Waals surface area contributed by atoms with Crippen LogP contribution in [0.4, 0.5) is 4.79 Å². The van der Waals surface area contributed by atoms with Gasteiger partial charge >= 0.3 is 6.09 Å². The second-order valence-corrected chi connectivity index (χ2v) is 7.04. The maximum absolute atomic E-state index is 11.6. The Kier molecular flexibility index (Phi) is 5.94. The summed E-state index contributed by atoms with van der Waals surface area (Å²) in [5.74, 6) is 0. The fourth-order valence-corrected chi connectivity index (χ4v) is 3.99. The van der Waals surface area contributed by atoms with Crippen LogP contribution in [-0.2, 0) is 6.42 Å². The van der Waals surface area contributed by atoms with E-state index in [1.807, 2.05) is 12.1 Å². The number of aliphatic hydroxyl groups is 1. The highest BCUT2D eigenvalue weighted by molar-refractivity contribution is 5.69. The van der Waals surface area contributed by atoms with E-state index in [0.29, 0.717) is 6.54 Å². The molecule has 0 spiro atoms. The normalized spacial score (nSPS) is 17.3. The number of carboxylic acid groups (broad SMARTS) is 1. The molecule has 138 valence electrons. The number of nitrogens with zero attached hydrogens (tertiary/aromatic N) is 1. The third-order valence-electron chi connectivity index (χ3n) is 5.31. The predicted octanol–water partition coefficient (Wildman–Crippen LogP) is 4.79. The van der Waals surface area contributed by atoms with Gasteiger partial charge in [-0.05, 0) is 66.8 Å². The Morgan fingerprint density at radius 2 is 2.00 bits per heavy atom. The van der Waals surface area contributed by atoms with E-state index in [-0.39, 0.29) is 12.6 Å². The van der Waals surface area contributed by atoms with Gasteiger partial charge in [-0.15, -0.1) is 0 Å². The van der Waals surface area contributed by atoms with Crippen molar-refractivity contribution in [2.45, 2.75) is 45.1 Å². The molecule has 0 radical (unpaired) electrons. The molecule has 4 heteroatoms. The summed E-state index contributed by atoms with van der Waals surface area (Å²) in [7, 11) is 0. The van der Waals surface area contributed by atoms with Gasteiger partial charge in [-0.3, -0.25) is 0 Å². The monoisotopic (exact) mass is 353 g/mol. The first-order valence-corrected chi connectivity index (χ1v) is 9.41. The number of hydrogen-bond donors (Lipinski definition) is 2. The highest BCUT2D eigenvalue weighted by atomic mass is 16.4. The van der Waals surface area contributed by atoms with Gasteiger partial charge < -0.3 is 15.1 Å². The average Bonchev–Trinajstić information content (AvgIpc) is 2.66. The van der Waals surface area contributed by atoms with Crippen LogP contribution in [0, 0.1) is 6.92 Å². The van der Waals surface area contributed by atoms with Crippen molar-refractivity contribution in [3.63, 3.8) is 0 Å². The fraction of sp³-hybridized carbons (Fsp3) is 0.409. The Morgan fingerprint density at radius 1 is 1.19 bits per heavy atom. The number of likely N-dealkylation sites (tertiary alicyclic amines) is 1. The second-order valence-electron chi connectivity index (χ2n) is 7.04. The molecule has 0 bridgehead atoms. The molecule has 26 heavy (non-hydrogen) atoms. The summed E-state index contributed by atoms with van der Waals surface area (Å²) in [6.07, 6.45) is 3.68. The van der Waals surface area contributed by atoms with Gasteiger partial charge in [0.05, 0.1) is 6.04 Å². The molecular formula is C22H27NO3. The third kappa shape index (κ3) is 3.91. The molecular weight excluding hydrogens is 326 g/mol. The number of aryl methyl sites for hydroxylation is 2. The molecule has 4 nitrogen and oxygen atoms in total. The van der Waals surface area contributed by atoms with Gasteiger partial charge in [-0.2, -0.15) is 0 Å². The van der Waals surface area contributed by atoms with E-state index in [2.05, 4.69) is 37.3 Å². The summed E-state index contributed by atoms with van der Waals surface area (Å²) in [6.45, 7) is 2.88. The highest BCUT2D eigenvalue weighted by Gasteiger charge is 2.28. The van der Waals surface area contributed by atoms with Crippen molar-refractivity contribution in [2.24, 2.45) is 0 Å². The molecule has 1 fully saturated rings. The highest BCUT2D eigenvalue weighted by Crippen LogP contribution is 2.35. The second kappa shape index (κ2) is 8.37. The first kappa shape index (κ1) is 18.5. The minimum atomic E-state index is -0.826. The minimum Gasteiger partial charge on any atom is -0.465 e. The minimum absolute atomic E-state index is 0.0417. The summed E-state index contributed by atoms with van der Waals surface area (Å²) < 4.78 is 0. The van der Waals surface area contributed by atoms with Gasteiger partial charge in [0.25, 0.3) is 0 Å². The molecule has 2 N–H and O–H groups in total. The Bertz CT molecular complexity index is 772. The zero-order valence-electron chi connectivity index (χ0n) is 15.3. The fourth-order valence-electron chi connectivity index (χ4n) is 3.99. The van der Waals surface area contributed by atoms with E-state index in [0.717, 1.165) is 48.8 Å². The smallest absolute Gasteiger partial charge is 0.407 e. The lowest BCUT2D eigenvalue weighted by Crippen LogP contribution is -2.37. The van der Waals surface area contributed by atoms with Crippen molar-refractivity contribution in [3.05, 3.63) is 59.2 Å². The molecule has 1 amide bonds. The van der Waals surface area contributed by atoms with Crippen LogP contribution in [0.15, 0.2) is 42.5 Å². The first-order chi connectivity index (χ1) is 12.6. The van der Waals surface area contributed by atoms with E-state index in [9.17, 15) is 9.90 Å². The van der Waals surface area contributed by atoms with Gasteiger partial charge in [0.15, 0.2) is 0 Å². The van der Waals surface area contributed by atoms with Crippen LogP contribution in [0.25, 0.3) is 11.1 Å².